The van der Waals surface area contributed by atoms with Crippen LogP contribution in [0.2, 0.25) is 0 Å². The zero-order valence-corrected chi connectivity index (χ0v) is 22.5. The number of amides is 2. The number of piperidine rings is 1. The van der Waals surface area contributed by atoms with E-state index in [1.807, 2.05) is 34.1 Å². The van der Waals surface area contributed by atoms with Crippen LogP contribution in [-0.4, -0.2) is 59.9 Å². The number of fused-ring (bicyclic) bond motifs is 3. The van der Waals surface area contributed by atoms with Crippen LogP contribution in [0.15, 0.2) is 48.5 Å². The number of carbonyl (C=O) groups is 2. The number of halogens is 1. The number of anilines is 1. The van der Waals surface area contributed by atoms with Crippen LogP contribution in [0, 0.1) is 11.7 Å². The Balaban J connectivity index is 1.35. The Morgan fingerprint density at radius 2 is 1.74 bits per heavy atom. The molecular formula is C31H40FN3O3. The second-order valence-corrected chi connectivity index (χ2v) is 11.1. The van der Waals surface area contributed by atoms with Gasteiger partial charge in [-0.05, 0) is 68.2 Å². The number of carbonyl (C=O) groups excluding carboxylic acids is 2. The van der Waals surface area contributed by atoms with Gasteiger partial charge in [0.1, 0.15) is 0 Å². The average Bonchev–Trinajstić information content (AvgIpc) is 3.73. The summed E-state index contributed by atoms with van der Waals surface area (Å²) >= 11 is 0. The van der Waals surface area contributed by atoms with E-state index in [9.17, 15) is 14.0 Å². The molecule has 2 aromatic rings. The third kappa shape index (κ3) is 6.55. The molecule has 2 atom stereocenters. The van der Waals surface area contributed by atoms with Gasteiger partial charge in [-0.15, -0.1) is 0 Å². The quantitative estimate of drug-likeness (QED) is 0.458. The Bertz CT molecular complexity index is 1120. The fraction of sp³-hybridized carbons (Fsp3) is 0.548. The summed E-state index contributed by atoms with van der Waals surface area (Å²) in [6.45, 7) is 4.90. The average molecular weight is 522 g/mol. The Hall–Kier alpha value is -2.93. The smallest absolute Gasteiger partial charge is 0.223 e. The lowest BCUT2D eigenvalue weighted by Gasteiger charge is -2.44. The molecule has 7 heteroatoms. The summed E-state index contributed by atoms with van der Waals surface area (Å²) in [5.74, 6) is 0.724. The normalized spacial score (nSPS) is 22.4. The molecule has 0 spiro atoms. The molecule has 1 saturated carbocycles. The molecule has 2 amide bonds. The van der Waals surface area contributed by atoms with Crippen LogP contribution in [0.4, 0.5) is 10.1 Å². The van der Waals surface area contributed by atoms with Gasteiger partial charge < -0.3 is 14.5 Å². The molecule has 38 heavy (non-hydrogen) atoms. The third-order valence-corrected chi connectivity index (χ3v) is 8.30. The maximum Gasteiger partial charge on any atom is 0.223 e. The summed E-state index contributed by atoms with van der Waals surface area (Å²) in [5.41, 5.74) is 1.91. The number of benzene rings is 2. The third-order valence-electron chi connectivity index (χ3n) is 8.30. The first-order valence-corrected chi connectivity index (χ1v) is 14.3. The van der Waals surface area contributed by atoms with Gasteiger partial charge in [0.15, 0.2) is 11.6 Å². The van der Waals surface area contributed by atoms with E-state index < -0.39 is 0 Å². The monoisotopic (exact) mass is 521 g/mol. The Morgan fingerprint density at radius 3 is 2.53 bits per heavy atom. The molecule has 0 aromatic heterocycles. The molecule has 0 N–H and O–H groups in total. The standard InChI is InChI=1S/C31H40FN3O3/c1-23(36)34-18-17-26-9-6-10-27(35(26)20-24-15-16-24)22-33(21-25-8-2-4-12-29(25)34)31(37)14-7-19-38-30-13-5-3-11-28(30)32/h2-5,8,11-13,24,26-27H,6-7,9-10,14-22H2,1H3. The minimum absolute atomic E-state index is 0.0426. The van der Waals surface area contributed by atoms with Crippen LogP contribution in [0.1, 0.15) is 63.9 Å². The largest absolute Gasteiger partial charge is 0.491 e. The minimum atomic E-state index is -0.389. The first-order valence-electron chi connectivity index (χ1n) is 14.3. The summed E-state index contributed by atoms with van der Waals surface area (Å²) in [5, 5.41) is 0. The molecule has 2 bridgehead atoms. The zero-order chi connectivity index (χ0) is 26.5. The van der Waals surface area contributed by atoms with Crippen molar-refractivity contribution in [1.82, 2.24) is 9.80 Å². The lowest BCUT2D eigenvalue weighted by molar-refractivity contribution is -0.133. The van der Waals surface area contributed by atoms with Crippen LogP contribution in [0.3, 0.4) is 0 Å². The molecule has 0 radical (unpaired) electrons. The van der Waals surface area contributed by atoms with Crippen molar-refractivity contribution in [3.63, 3.8) is 0 Å². The molecule has 2 aromatic carbocycles. The summed E-state index contributed by atoms with van der Waals surface area (Å²) in [6.07, 6.45) is 7.81. The second-order valence-electron chi connectivity index (χ2n) is 11.1. The lowest BCUT2D eigenvalue weighted by atomic mass is 9.92. The highest BCUT2D eigenvalue weighted by Gasteiger charge is 2.37. The molecule has 5 rings (SSSR count). The fourth-order valence-corrected chi connectivity index (χ4v) is 6.10. The summed E-state index contributed by atoms with van der Waals surface area (Å²) in [6, 6.07) is 15.1. The van der Waals surface area contributed by atoms with Gasteiger partial charge in [-0.1, -0.05) is 36.8 Å². The zero-order valence-electron chi connectivity index (χ0n) is 22.5. The number of ether oxygens (including phenoxy) is 1. The van der Waals surface area contributed by atoms with E-state index in [1.54, 1.807) is 25.1 Å². The first-order chi connectivity index (χ1) is 18.5. The highest BCUT2D eigenvalue weighted by atomic mass is 19.1. The van der Waals surface area contributed by atoms with E-state index in [0.29, 0.717) is 44.6 Å². The van der Waals surface area contributed by atoms with Crippen molar-refractivity contribution in [2.24, 2.45) is 5.92 Å². The number of hydrogen-bond donors (Lipinski definition) is 0. The van der Waals surface area contributed by atoms with E-state index in [-0.39, 0.29) is 30.0 Å². The van der Waals surface area contributed by atoms with Crippen LogP contribution in [0.5, 0.6) is 5.75 Å². The van der Waals surface area contributed by atoms with Gasteiger partial charge in [-0.25, -0.2) is 4.39 Å². The van der Waals surface area contributed by atoms with E-state index in [2.05, 4.69) is 4.90 Å². The number of para-hydroxylation sites is 2. The molecule has 6 nitrogen and oxygen atoms in total. The molecule has 2 heterocycles. The van der Waals surface area contributed by atoms with Gasteiger partial charge in [0.2, 0.25) is 11.8 Å². The van der Waals surface area contributed by atoms with Crippen molar-refractivity contribution >= 4 is 17.5 Å². The highest BCUT2D eigenvalue weighted by molar-refractivity contribution is 5.92. The van der Waals surface area contributed by atoms with Crippen LogP contribution in [0.25, 0.3) is 0 Å². The molecule has 1 saturated heterocycles. The maximum absolute atomic E-state index is 13.9. The predicted octanol–water partition coefficient (Wildman–Crippen LogP) is 5.40. The summed E-state index contributed by atoms with van der Waals surface area (Å²) in [4.78, 5) is 33.0. The molecule has 2 fully saturated rings. The summed E-state index contributed by atoms with van der Waals surface area (Å²) < 4.78 is 19.5. The van der Waals surface area contributed by atoms with Crippen molar-refractivity contribution in [1.29, 1.82) is 0 Å². The van der Waals surface area contributed by atoms with Crippen molar-refractivity contribution in [3.8, 4) is 5.75 Å². The lowest BCUT2D eigenvalue weighted by Crippen LogP contribution is -2.53. The number of nitrogens with zero attached hydrogens (tertiary/aromatic N) is 3. The second kappa shape index (κ2) is 12.3. The van der Waals surface area contributed by atoms with Crippen LogP contribution in [-0.2, 0) is 16.1 Å². The topological polar surface area (TPSA) is 53.1 Å². The number of hydrogen-bond acceptors (Lipinski definition) is 4. The van der Waals surface area contributed by atoms with E-state index in [1.165, 1.54) is 18.9 Å². The van der Waals surface area contributed by atoms with Gasteiger partial charge in [0.05, 0.1) is 6.61 Å². The molecular weight excluding hydrogens is 481 g/mol. The Labute approximate surface area is 225 Å². The predicted molar refractivity (Wildman–Crippen MR) is 146 cm³/mol. The molecule has 3 aliphatic rings. The first kappa shape index (κ1) is 26.7. The van der Waals surface area contributed by atoms with Crippen LogP contribution < -0.4 is 9.64 Å². The number of rotatable bonds is 7. The molecule has 1 aliphatic carbocycles. The maximum atomic E-state index is 13.9. The van der Waals surface area contributed by atoms with E-state index in [4.69, 9.17) is 4.74 Å². The Morgan fingerprint density at radius 1 is 0.974 bits per heavy atom. The van der Waals surface area contributed by atoms with E-state index in [0.717, 1.165) is 49.4 Å². The van der Waals surface area contributed by atoms with Crippen molar-refractivity contribution in [3.05, 3.63) is 59.9 Å². The molecule has 2 aliphatic heterocycles. The van der Waals surface area contributed by atoms with Gasteiger partial charge in [0, 0.05) is 57.3 Å². The Kier molecular flexibility index (Phi) is 8.62. The van der Waals surface area contributed by atoms with Gasteiger partial charge in [0.25, 0.3) is 0 Å². The molecule has 2 unspecified atom stereocenters. The SMILES string of the molecule is CC(=O)N1CCC2CCCC(CN(C(=O)CCCOc3ccccc3F)Cc3ccccc31)N2CC1CC1. The van der Waals surface area contributed by atoms with Gasteiger partial charge in [-0.2, -0.15) is 0 Å². The van der Waals surface area contributed by atoms with Crippen molar-refractivity contribution < 1.29 is 18.7 Å². The van der Waals surface area contributed by atoms with Gasteiger partial charge in [-0.3, -0.25) is 14.5 Å². The van der Waals surface area contributed by atoms with Gasteiger partial charge >= 0.3 is 0 Å². The van der Waals surface area contributed by atoms with Crippen molar-refractivity contribution in [2.75, 3.05) is 31.1 Å². The summed E-state index contributed by atoms with van der Waals surface area (Å²) in [7, 11) is 0. The fourth-order valence-electron chi connectivity index (χ4n) is 6.10. The minimum Gasteiger partial charge on any atom is -0.491 e. The van der Waals surface area contributed by atoms with E-state index >= 15 is 0 Å². The van der Waals surface area contributed by atoms with Crippen LogP contribution >= 0.6 is 0 Å². The van der Waals surface area contributed by atoms with Crippen molar-refractivity contribution in [2.45, 2.75) is 76.9 Å². The molecule has 204 valence electrons. The highest BCUT2D eigenvalue weighted by Crippen LogP contribution is 2.36.